The summed E-state index contributed by atoms with van der Waals surface area (Å²) in [6.45, 7) is 1.38. The molecule has 0 radical (unpaired) electrons. The third-order valence-corrected chi connectivity index (χ3v) is 6.58. The van der Waals surface area contributed by atoms with E-state index in [0.29, 0.717) is 30.5 Å². The normalized spacial score (nSPS) is 14.6. The van der Waals surface area contributed by atoms with Crippen LogP contribution in [0.25, 0.3) is 16.2 Å². The predicted molar refractivity (Wildman–Crippen MR) is 122 cm³/mol. The van der Waals surface area contributed by atoms with E-state index in [2.05, 4.69) is 10.3 Å². The first kappa shape index (κ1) is 20.5. The van der Waals surface area contributed by atoms with Gasteiger partial charge in [0, 0.05) is 46.4 Å². The highest BCUT2D eigenvalue weighted by Crippen LogP contribution is 2.35. The number of hydrogen-bond acceptors (Lipinski definition) is 5. The molecule has 2 amide bonds. The number of benzene rings is 1. The lowest BCUT2D eigenvalue weighted by atomic mass is 10.1. The number of carbonyl (C=O) groups is 2. The number of aromatic nitrogens is 1. The lowest BCUT2D eigenvalue weighted by Gasteiger charge is -2.14. The van der Waals surface area contributed by atoms with Gasteiger partial charge in [-0.15, -0.1) is 11.3 Å². The van der Waals surface area contributed by atoms with Gasteiger partial charge in [0.2, 0.25) is 11.8 Å². The molecular weight excluding hydrogens is 420 g/mol. The monoisotopic (exact) mass is 440 g/mol. The molecule has 6 nitrogen and oxygen atoms in total. The number of carbonyl (C=O) groups excluding carboxylic acids is 2. The minimum absolute atomic E-state index is 0.0799. The standard InChI is InChI=1S/C22H21ClN4O2S/c1-26-11-15-9-14(10-24-22(15)25-19(28)13-26)7-8-20(29)27(2)12-18-21(23)16-5-3-4-6-17(16)30-18/h3-10H,11-13H2,1-2H3,(H,24,25,28). The van der Waals surface area contributed by atoms with Crippen molar-refractivity contribution in [1.82, 2.24) is 14.8 Å². The number of rotatable bonds is 4. The molecule has 1 aliphatic heterocycles. The van der Waals surface area contributed by atoms with Crippen molar-refractivity contribution in [3.05, 3.63) is 63.6 Å². The highest BCUT2D eigenvalue weighted by atomic mass is 35.5. The van der Waals surface area contributed by atoms with Crippen LogP contribution in [-0.4, -0.2) is 47.2 Å². The van der Waals surface area contributed by atoms with Gasteiger partial charge in [0.15, 0.2) is 0 Å². The van der Waals surface area contributed by atoms with E-state index in [4.69, 9.17) is 11.6 Å². The zero-order chi connectivity index (χ0) is 21.3. The Morgan fingerprint density at radius 3 is 2.97 bits per heavy atom. The molecule has 8 heteroatoms. The van der Waals surface area contributed by atoms with Gasteiger partial charge in [-0.05, 0) is 30.8 Å². The summed E-state index contributed by atoms with van der Waals surface area (Å²) >= 11 is 8.10. The molecule has 0 aliphatic carbocycles. The molecule has 4 rings (SSSR count). The van der Waals surface area contributed by atoms with Crippen LogP contribution in [0.2, 0.25) is 5.02 Å². The van der Waals surface area contributed by atoms with Gasteiger partial charge < -0.3 is 10.2 Å². The minimum Gasteiger partial charge on any atom is -0.337 e. The summed E-state index contributed by atoms with van der Waals surface area (Å²) in [6, 6.07) is 9.90. The Kier molecular flexibility index (Phi) is 5.85. The average Bonchev–Trinajstić information content (AvgIpc) is 2.94. The Balaban J connectivity index is 1.46. The summed E-state index contributed by atoms with van der Waals surface area (Å²) in [5, 5.41) is 4.53. The summed E-state index contributed by atoms with van der Waals surface area (Å²) in [5.41, 5.74) is 1.73. The zero-order valence-electron chi connectivity index (χ0n) is 16.7. The van der Waals surface area contributed by atoms with Crippen molar-refractivity contribution >= 4 is 56.7 Å². The number of thiophene rings is 1. The highest BCUT2D eigenvalue weighted by molar-refractivity contribution is 7.19. The molecule has 1 aliphatic rings. The van der Waals surface area contributed by atoms with E-state index in [9.17, 15) is 9.59 Å². The maximum Gasteiger partial charge on any atom is 0.246 e. The fourth-order valence-electron chi connectivity index (χ4n) is 3.37. The number of amides is 2. The topological polar surface area (TPSA) is 65.5 Å². The van der Waals surface area contributed by atoms with Gasteiger partial charge in [-0.1, -0.05) is 29.8 Å². The Morgan fingerprint density at radius 1 is 1.37 bits per heavy atom. The van der Waals surface area contributed by atoms with Crippen LogP contribution in [0, 0.1) is 0 Å². The third-order valence-electron chi connectivity index (χ3n) is 4.88. The first-order valence-electron chi connectivity index (χ1n) is 9.47. The smallest absolute Gasteiger partial charge is 0.246 e. The fourth-order valence-corrected chi connectivity index (χ4v) is 4.92. The third kappa shape index (κ3) is 4.38. The van der Waals surface area contributed by atoms with E-state index in [0.717, 1.165) is 26.1 Å². The largest absolute Gasteiger partial charge is 0.337 e. The average molecular weight is 441 g/mol. The van der Waals surface area contributed by atoms with Gasteiger partial charge >= 0.3 is 0 Å². The maximum absolute atomic E-state index is 12.6. The van der Waals surface area contributed by atoms with Gasteiger partial charge in [-0.2, -0.15) is 0 Å². The number of nitrogens with zero attached hydrogens (tertiary/aromatic N) is 3. The molecule has 2 aromatic heterocycles. The summed E-state index contributed by atoms with van der Waals surface area (Å²) in [4.78, 5) is 33.3. The number of fused-ring (bicyclic) bond motifs is 2. The molecule has 0 unspecified atom stereocenters. The Bertz CT molecular complexity index is 1160. The van der Waals surface area contributed by atoms with Crippen LogP contribution in [0.15, 0.2) is 42.6 Å². The van der Waals surface area contributed by atoms with Crippen molar-refractivity contribution in [1.29, 1.82) is 0 Å². The van der Waals surface area contributed by atoms with Crippen LogP contribution in [0.4, 0.5) is 5.82 Å². The second kappa shape index (κ2) is 8.55. The van der Waals surface area contributed by atoms with Crippen molar-refractivity contribution in [2.45, 2.75) is 13.1 Å². The van der Waals surface area contributed by atoms with Gasteiger partial charge in [0.1, 0.15) is 5.82 Å². The maximum atomic E-state index is 12.6. The van der Waals surface area contributed by atoms with Crippen molar-refractivity contribution < 1.29 is 9.59 Å². The van der Waals surface area contributed by atoms with Crippen LogP contribution in [0.1, 0.15) is 16.0 Å². The SMILES string of the molecule is CN1CC(=O)Nc2ncc(C=CC(=O)N(C)Cc3sc4ccccc4c3Cl)cc2C1. The van der Waals surface area contributed by atoms with Crippen LogP contribution in [0.5, 0.6) is 0 Å². The zero-order valence-corrected chi connectivity index (χ0v) is 18.3. The second-order valence-electron chi connectivity index (χ2n) is 7.36. The highest BCUT2D eigenvalue weighted by Gasteiger charge is 2.18. The molecule has 3 aromatic rings. The minimum atomic E-state index is -0.121. The lowest BCUT2D eigenvalue weighted by Crippen LogP contribution is -2.26. The second-order valence-corrected chi connectivity index (χ2v) is 8.87. The predicted octanol–water partition coefficient (Wildman–Crippen LogP) is 4.01. The van der Waals surface area contributed by atoms with Gasteiger partial charge in [0.25, 0.3) is 0 Å². The van der Waals surface area contributed by atoms with Crippen LogP contribution in [-0.2, 0) is 22.7 Å². The van der Waals surface area contributed by atoms with Crippen LogP contribution < -0.4 is 5.32 Å². The molecule has 1 aromatic carbocycles. The molecule has 0 atom stereocenters. The Labute approximate surface area is 183 Å². The summed E-state index contributed by atoms with van der Waals surface area (Å²) in [7, 11) is 3.64. The van der Waals surface area contributed by atoms with E-state index < -0.39 is 0 Å². The summed E-state index contributed by atoms with van der Waals surface area (Å²) in [6.07, 6.45) is 4.92. The number of hydrogen-bond donors (Lipinski definition) is 1. The molecule has 30 heavy (non-hydrogen) atoms. The van der Waals surface area contributed by atoms with E-state index in [1.165, 1.54) is 6.08 Å². The van der Waals surface area contributed by atoms with Gasteiger partial charge in [-0.3, -0.25) is 14.5 Å². The molecule has 0 saturated carbocycles. The number of likely N-dealkylation sites (N-methyl/N-ethyl adjacent to an activating group) is 2. The number of anilines is 1. The summed E-state index contributed by atoms with van der Waals surface area (Å²) < 4.78 is 1.11. The van der Waals surface area contributed by atoms with Crippen molar-refractivity contribution in [3.8, 4) is 0 Å². The molecule has 3 heterocycles. The van der Waals surface area contributed by atoms with Gasteiger partial charge in [-0.25, -0.2) is 4.98 Å². The molecule has 1 N–H and O–H groups in total. The number of nitrogens with one attached hydrogen (secondary N) is 1. The van der Waals surface area contributed by atoms with Crippen molar-refractivity contribution in [2.24, 2.45) is 0 Å². The first-order valence-corrected chi connectivity index (χ1v) is 10.7. The van der Waals surface area contributed by atoms with Crippen LogP contribution >= 0.6 is 22.9 Å². The molecule has 0 bridgehead atoms. The molecule has 0 spiro atoms. The van der Waals surface area contributed by atoms with Gasteiger partial charge in [0.05, 0.1) is 18.1 Å². The quantitative estimate of drug-likeness (QED) is 0.622. The molecule has 154 valence electrons. The molecular formula is C22H21ClN4O2S. The number of pyridine rings is 1. The van der Waals surface area contributed by atoms with E-state index in [-0.39, 0.29) is 11.8 Å². The summed E-state index contributed by atoms with van der Waals surface area (Å²) in [5.74, 6) is 0.372. The molecule has 0 fully saturated rings. The van der Waals surface area contributed by atoms with Crippen LogP contribution in [0.3, 0.4) is 0 Å². The van der Waals surface area contributed by atoms with Crippen molar-refractivity contribution in [2.75, 3.05) is 26.0 Å². The Morgan fingerprint density at radius 2 is 2.17 bits per heavy atom. The lowest BCUT2D eigenvalue weighted by molar-refractivity contribution is -0.125. The fraction of sp³-hybridized carbons (Fsp3) is 0.227. The number of halogens is 1. The van der Waals surface area contributed by atoms with E-state index >= 15 is 0 Å². The van der Waals surface area contributed by atoms with E-state index in [1.54, 1.807) is 35.6 Å². The van der Waals surface area contributed by atoms with Crippen molar-refractivity contribution in [3.63, 3.8) is 0 Å². The van der Waals surface area contributed by atoms with E-state index in [1.807, 2.05) is 42.3 Å². The Hall–Kier alpha value is -2.74. The first-order chi connectivity index (χ1) is 14.4. The molecule has 0 saturated heterocycles.